The van der Waals surface area contributed by atoms with Crippen molar-refractivity contribution in [2.45, 2.75) is 19.8 Å². The third-order valence-corrected chi connectivity index (χ3v) is 0.789. The number of hydrogen-bond donors (Lipinski definition) is 0. The van der Waals surface area contributed by atoms with Crippen LogP contribution in [0.25, 0.3) is 0 Å². The van der Waals surface area contributed by atoms with E-state index < -0.39 is 0 Å². The summed E-state index contributed by atoms with van der Waals surface area (Å²) in [6.07, 6.45) is 0.428. The van der Waals surface area contributed by atoms with Crippen LogP contribution in [0.5, 0.6) is 0 Å². The summed E-state index contributed by atoms with van der Waals surface area (Å²) in [4.78, 5) is 20.4. The second kappa shape index (κ2) is 3.36. The molecule has 0 aliphatic heterocycles. The van der Waals surface area contributed by atoms with Crippen molar-refractivity contribution in [3.05, 3.63) is 6.92 Å². The Labute approximate surface area is 48.9 Å². The van der Waals surface area contributed by atoms with Gasteiger partial charge < -0.3 is 0 Å². The van der Waals surface area contributed by atoms with Crippen LogP contribution in [0.1, 0.15) is 19.8 Å². The first-order valence-electron chi connectivity index (χ1n) is 2.53. The quantitative estimate of drug-likeness (QED) is 0.506. The fourth-order valence-corrected chi connectivity index (χ4v) is 0.345. The molecule has 0 heterocycles. The van der Waals surface area contributed by atoms with Crippen LogP contribution in [0, 0.1) is 6.92 Å². The summed E-state index contributed by atoms with van der Waals surface area (Å²) >= 11 is 0. The molecule has 0 rings (SSSR count). The van der Waals surface area contributed by atoms with E-state index in [9.17, 15) is 9.59 Å². The van der Waals surface area contributed by atoms with Gasteiger partial charge in [0.25, 0.3) is 0 Å². The van der Waals surface area contributed by atoms with E-state index in [2.05, 4.69) is 6.92 Å². The molecule has 0 saturated heterocycles. The Kier molecular flexibility index (Phi) is 3.08. The predicted molar refractivity (Wildman–Crippen MR) is 30.3 cm³/mol. The monoisotopic (exact) mass is 113 g/mol. The molecule has 0 fully saturated rings. The molecule has 2 nitrogen and oxygen atoms in total. The fraction of sp³-hybridized carbons (Fsp3) is 0.500. The molecule has 0 amide bonds. The summed E-state index contributed by atoms with van der Waals surface area (Å²) in [5.41, 5.74) is 0. The maximum absolute atomic E-state index is 10.4. The Bertz CT molecular complexity index is 105. The maximum Gasteiger partial charge on any atom is 0.140 e. The topological polar surface area (TPSA) is 34.1 Å². The van der Waals surface area contributed by atoms with E-state index in [-0.39, 0.29) is 18.0 Å². The molecular weight excluding hydrogens is 104 g/mol. The largest absolute Gasteiger partial charge is 0.299 e. The lowest BCUT2D eigenvalue weighted by atomic mass is 10.2. The van der Waals surface area contributed by atoms with Gasteiger partial charge >= 0.3 is 0 Å². The smallest absolute Gasteiger partial charge is 0.140 e. The Morgan fingerprint density at radius 1 is 1.50 bits per heavy atom. The van der Waals surface area contributed by atoms with Crippen LogP contribution in [0.2, 0.25) is 0 Å². The van der Waals surface area contributed by atoms with Gasteiger partial charge in [0.05, 0.1) is 6.42 Å². The molecule has 0 aliphatic carbocycles. The highest BCUT2D eigenvalue weighted by atomic mass is 16.1. The average Bonchev–Trinajstić information content (AvgIpc) is 1.65. The zero-order valence-electron chi connectivity index (χ0n) is 4.94. The van der Waals surface area contributed by atoms with Crippen LogP contribution in [0.4, 0.5) is 0 Å². The first-order valence-corrected chi connectivity index (χ1v) is 2.53. The summed E-state index contributed by atoms with van der Waals surface area (Å²) in [5.74, 6) is -0.332. The molecule has 0 aromatic heterocycles. The zero-order chi connectivity index (χ0) is 6.57. The third-order valence-electron chi connectivity index (χ3n) is 0.789. The van der Waals surface area contributed by atoms with E-state index in [1.165, 1.54) is 0 Å². The summed E-state index contributed by atoms with van der Waals surface area (Å²) < 4.78 is 0. The van der Waals surface area contributed by atoms with Crippen molar-refractivity contribution in [3.63, 3.8) is 0 Å². The minimum absolute atomic E-state index is 0.00347. The zero-order valence-corrected chi connectivity index (χ0v) is 4.94. The highest BCUT2D eigenvalue weighted by Crippen LogP contribution is 1.87. The Balaban J connectivity index is 3.40. The van der Waals surface area contributed by atoms with Crippen LogP contribution < -0.4 is 0 Å². The van der Waals surface area contributed by atoms with Crippen molar-refractivity contribution in [2.75, 3.05) is 0 Å². The molecule has 0 aromatic carbocycles. The third kappa shape index (κ3) is 3.53. The van der Waals surface area contributed by atoms with E-state index in [0.717, 1.165) is 0 Å². The first-order chi connectivity index (χ1) is 3.66. The Hall–Kier alpha value is -0.660. The lowest BCUT2D eigenvalue weighted by Crippen LogP contribution is -2.01. The maximum atomic E-state index is 10.4. The molecule has 45 valence electrons. The number of hydrogen-bond acceptors (Lipinski definition) is 2. The van der Waals surface area contributed by atoms with Crippen molar-refractivity contribution in [2.24, 2.45) is 0 Å². The van der Waals surface area contributed by atoms with E-state index >= 15 is 0 Å². The van der Waals surface area contributed by atoms with E-state index in [0.29, 0.717) is 6.42 Å². The summed E-state index contributed by atoms with van der Waals surface area (Å²) in [6.45, 7) is 4.79. The number of carbonyl (C=O) groups excluding carboxylic acids is 2. The number of rotatable bonds is 3. The first kappa shape index (κ1) is 7.34. The van der Waals surface area contributed by atoms with Gasteiger partial charge in [-0.05, 0) is 0 Å². The molecule has 0 saturated carbocycles. The minimum Gasteiger partial charge on any atom is -0.299 e. The van der Waals surface area contributed by atoms with Gasteiger partial charge in [0.1, 0.15) is 11.6 Å². The number of Topliss-reactive ketones (excluding diaryl/α,β-unsaturated/α-hetero) is 2. The summed E-state index contributed by atoms with van der Waals surface area (Å²) in [5, 5.41) is 0. The van der Waals surface area contributed by atoms with E-state index in [4.69, 9.17) is 0 Å². The second-order valence-corrected chi connectivity index (χ2v) is 1.61. The van der Waals surface area contributed by atoms with Gasteiger partial charge in [-0.1, -0.05) is 6.92 Å². The van der Waals surface area contributed by atoms with Crippen molar-refractivity contribution < 1.29 is 9.59 Å². The molecular formula is C6H9O2. The Morgan fingerprint density at radius 2 is 2.00 bits per heavy atom. The molecule has 0 aliphatic rings. The van der Waals surface area contributed by atoms with Crippen LogP contribution in [-0.4, -0.2) is 11.6 Å². The van der Waals surface area contributed by atoms with Crippen LogP contribution in [0.3, 0.4) is 0 Å². The highest BCUT2D eigenvalue weighted by Gasteiger charge is 1.99. The van der Waals surface area contributed by atoms with E-state index in [1.807, 2.05) is 0 Å². The number of ketones is 2. The van der Waals surface area contributed by atoms with Gasteiger partial charge in [-0.2, -0.15) is 0 Å². The molecule has 0 spiro atoms. The van der Waals surface area contributed by atoms with Crippen LogP contribution in [-0.2, 0) is 9.59 Å². The second-order valence-electron chi connectivity index (χ2n) is 1.61. The van der Waals surface area contributed by atoms with Gasteiger partial charge in [0, 0.05) is 13.3 Å². The summed E-state index contributed by atoms with van der Waals surface area (Å²) in [6, 6.07) is 0. The minimum atomic E-state index is -0.295. The molecule has 8 heavy (non-hydrogen) atoms. The van der Waals surface area contributed by atoms with E-state index in [1.54, 1.807) is 6.92 Å². The summed E-state index contributed by atoms with van der Waals surface area (Å²) in [7, 11) is 0. The predicted octanol–water partition coefficient (Wildman–Crippen LogP) is 0.759. The number of carbonyl (C=O) groups is 2. The van der Waals surface area contributed by atoms with Crippen LogP contribution >= 0.6 is 0 Å². The lowest BCUT2D eigenvalue weighted by Gasteiger charge is -1.87. The normalized spacial score (nSPS) is 8.75. The molecule has 0 unspecified atom stereocenters. The molecule has 0 aromatic rings. The van der Waals surface area contributed by atoms with Gasteiger partial charge in [0.15, 0.2) is 0 Å². The molecule has 0 atom stereocenters. The van der Waals surface area contributed by atoms with Gasteiger partial charge in [-0.3, -0.25) is 9.59 Å². The van der Waals surface area contributed by atoms with Crippen LogP contribution in [0.15, 0.2) is 0 Å². The van der Waals surface area contributed by atoms with Gasteiger partial charge in [-0.25, -0.2) is 0 Å². The fourth-order valence-electron chi connectivity index (χ4n) is 0.345. The van der Waals surface area contributed by atoms with Crippen molar-refractivity contribution in [1.82, 2.24) is 0 Å². The Morgan fingerprint density at radius 3 is 2.12 bits per heavy atom. The molecule has 0 bridgehead atoms. The van der Waals surface area contributed by atoms with Crippen molar-refractivity contribution >= 4 is 11.6 Å². The lowest BCUT2D eigenvalue weighted by molar-refractivity contribution is -0.124. The van der Waals surface area contributed by atoms with Crippen molar-refractivity contribution in [3.8, 4) is 0 Å². The molecule has 2 heteroatoms. The SMILES string of the molecule is [CH2]C(=O)CC(=O)CC. The molecule has 0 N–H and O–H groups in total. The average molecular weight is 113 g/mol. The van der Waals surface area contributed by atoms with Crippen molar-refractivity contribution in [1.29, 1.82) is 0 Å². The van der Waals surface area contributed by atoms with Gasteiger partial charge in [0.2, 0.25) is 0 Å². The van der Waals surface area contributed by atoms with Gasteiger partial charge in [-0.15, -0.1) is 0 Å². The molecule has 1 radical (unpaired) electrons. The highest BCUT2D eigenvalue weighted by molar-refractivity contribution is 6.00. The standard InChI is InChI=1S/C6H9O2/c1-3-6(8)4-5(2)7/h2-4H2,1H3.